The highest BCUT2D eigenvalue weighted by molar-refractivity contribution is 8.01. The number of benzene rings is 3. The van der Waals surface area contributed by atoms with Crippen LogP contribution in [0.2, 0.25) is 5.02 Å². The fraction of sp³-hybridized carbons (Fsp3) is 0.0435. The number of amides is 1. The van der Waals surface area contributed by atoms with E-state index in [0.29, 0.717) is 26.1 Å². The number of carboxylic acids is 1. The van der Waals surface area contributed by atoms with Crippen LogP contribution in [-0.4, -0.2) is 38.4 Å². The number of thiazole rings is 1. The molecule has 0 saturated carbocycles. The Morgan fingerprint density at radius 3 is 2.54 bits per heavy atom. The van der Waals surface area contributed by atoms with E-state index in [0.717, 1.165) is 10.8 Å². The number of halogens is 1. The average Bonchev–Trinajstić information content (AvgIpc) is 3.24. The molecule has 0 atom stereocenters. The van der Waals surface area contributed by atoms with Gasteiger partial charge < -0.3 is 10.4 Å². The number of nitro benzene ring substituents is 1. The highest BCUT2D eigenvalue weighted by Gasteiger charge is 2.27. The lowest BCUT2D eigenvalue weighted by molar-refractivity contribution is -0.385. The molecule has 0 saturated heterocycles. The Morgan fingerprint density at radius 1 is 1.11 bits per heavy atom. The molecule has 1 aromatic heterocycles. The first-order valence-electron chi connectivity index (χ1n) is 9.87. The van der Waals surface area contributed by atoms with Gasteiger partial charge in [0.15, 0.2) is 10.1 Å². The van der Waals surface area contributed by atoms with Gasteiger partial charge in [0, 0.05) is 22.3 Å². The number of aromatic nitrogens is 1. The summed E-state index contributed by atoms with van der Waals surface area (Å²) in [5, 5.41) is 23.7. The van der Waals surface area contributed by atoms with Crippen LogP contribution in [0, 0.1) is 10.1 Å². The quantitative estimate of drug-likeness (QED) is 0.127. The summed E-state index contributed by atoms with van der Waals surface area (Å²) in [6, 6.07) is 15.0. The number of ketones is 1. The molecule has 0 radical (unpaired) electrons. The van der Waals surface area contributed by atoms with E-state index < -0.39 is 28.1 Å². The molecule has 1 heterocycles. The number of nitrogens with zero attached hydrogens (tertiary/aromatic N) is 2. The molecular formula is C23H14ClN3O6S2. The third-order valence-corrected chi connectivity index (χ3v) is 7.23. The van der Waals surface area contributed by atoms with Gasteiger partial charge in [0.05, 0.1) is 26.5 Å². The predicted octanol–water partition coefficient (Wildman–Crippen LogP) is 5.78. The standard InChI is InChI=1S/C23H14ClN3O6S2/c24-13-6-4-12(5-7-13)18(28)11-34-23-26-16-9-8-14(10-19(16)35-23)25-21(29)15-2-1-3-17(27(32)33)20(15)22(30)31/h1-10H,11H2,(H,25,29)(H,30,31). The number of rotatable bonds is 8. The highest BCUT2D eigenvalue weighted by atomic mass is 35.5. The number of fused-ring (bicyclic) bond motifs is 1. The molecular weight excluding hydrogens is 514 g/mol. The van der Waals surface area contributed by atoms with Crippen molar-refractivity contribution in [3.05, 3.63) is 92.5 Å². The molecule has 1 amide bonds. The van der Waals surface area contributed by atoms with Crippen molar-refractivity contribution in [1.82, 2.24) is 4.98 Å². The Balaban J connectivity index is 1.50. The van der Waals surface area contributed by atoms with Gasteiger partial charge in [-0.25, -0.2) is 9.78 Å². The minimum atomic E-state index is -1.57. The molecule has 0 aliphatic carbocycles. The fourth-order valence-electron chi connectivity index (χ4n) is 3.19. The summed E-state index contributed by atoms with van der Waals surface area (Å²) in [4.78, 5) is 51.5. The molecule has 4 aromatic rings. The van der Waals surface area contributed by atoms with Crippen molar-refractivity contribution >= 4 is 74.0 Å². The number of nitrogens with one attached hydrogen (secondary N) is 1. The second-order valence-electron chi connectivity index (χ2n) is 7.10. The van der Waals surface area contributed by atoms with E-state index in [1.165, 1.54) is 35.2 Å². The van der Waals surface area contributed by atoms with Crippen LogP contribution < -0.4 is 5.32 Å². The predicted molar refractivity (Wildman–Crippen MR) is 134 cm³/mol. The minimum absolute atomic E-state index is 0.0648. The topological polar surface area (TPSA) is 140 Å². The van der Waals surface area contributed by atoms with E-state index in [9.17, 15) is 29.6 Å². The zero-order valence-corrected chi connectivity index (χ0v) is 19.9. The van der Waals surface area contributed by atoms with Crippen LogP contribution in [-0.2, 0) is 0 Å². The number of nitro groups is 1. The minimum Gasteiger partial charge on any atom is -0.477 e. The number of hydrogen-bond acceptors (Lipinski definition) is 8. The van der Waals surface area contributed by atoms with E-state index in [1.54, 1.807) is 42.5 Å². The van der Waals surface area contributed by atoms with Crippen LogP contribution in [0.25, 0.3) is 10.2 Å². The maximum Gasteiger partial charge on any atom is 0.343 e. The maximum absolute atomic E-state index is 12.7. The second kappa shape index (κ2) is 10.2. The van der Waals surface area contributed by atoms with Gasteiger partial charge in [-0.3, -0.25) is 19.7 Å². The second-order valence-corrected chi connectivity index (χ2v) is 9.79. The molecule has 35 heavy (non-hydrogen) atoms. The molecule has 12 heteroatoms. The van der Waals surface area contributed by atoms with Gasteiger partial charge in [-0.05, 0) is 48.5 Å². The van der Waals surface area contributed by atoms with Crippen molar-refractivity contribution in [1.29, 1.82) is 0 Å². The van der Waals surface area contributed by atoms with E-state index in [1.807, 2.05) is 0 Å². The van der Waals surface area contributed by atoms with E-state index >= 15 is 0 Å². The van der Waals surface area contributed by atoms with Gasteiger partial charge in [-0.2, -0.15) is 0 Å². The molecule has 0 unspecified atom stereocenters. The third-order valence-electron chi connectivity index (χ3n) is 4.82. The lowest BCUT2D eigenvalue weighted by Gasteiger charge is -2.08. The van der Waals surface area contributed by atoms with Crippen molar-refractivity contribution in [2.24, 2.45) is 0 Å². The summed E-state index contributed by atoms with van der Waals surface area (Å²) in [7, 11) is 0. The van der Waals surface area contributed by atoms with Crippen molar-refractivity contribution in [2.45, 2.75) is 4.34 Å². The maximum atomic E-state index is 12.7. The first-order valence-corrected chi connectivity index (χ1v) is 12.0. The number of anilines is 1. The monoisotopic (exact) mass is 527 g/mol. The van der Waals surface area contributed by atoms with Gasteiger partial charge in [0.25, 0.3) is 11.6 Å². The number of thioether (sulfide) groups is 1. The Hall–Kier alpha value is -3.80. The van der Waals surface area contributed by atoms with Crippen LogP contribution >= 0.6 is 34.7 Å². The van der Waals surface area contributed by atoms with E-state index in [2.05, 4.69) is 10.3 Å². The molecule has 2 N–H and O–H groups in total. The smallest absolute Gasteiger partial charge is 0.343 e. The molecule has 0 aliphatic rings. The highest BCUT2D eigenvalue weighted by Crippen LogP contribution is 2.32. The van der Waals surface area contributed by atoms with Crippen LogP contribution in [0.3, 0.4) is 0 Å². The number of hydrogen-bond donors (Lipinski definition) is 2. The van der Waals surface area contributed by atoms with Gasteiger partial charge in [0.2, 0.25) is 0 Å². The molecule has 0 fully saturated rings. The number of aromatic carboxylic acids is 1. The van der Waals surface area contributed by atoms with E-state index in [4.69, 9.17) is 11.6 Å². The zero-order chi connectivity index (χ0) is 25.1. The van der Waals surface area contributed by atoms with Crippen molar-refractivity contribution in [2.75, 3.05) is 11.1 Å². The molecule has 0 aliphatic heterocycles. The number of carboxylic acid groups (broad SMARTS) is 1. The fourth-order valence-corrected chi connectivity index (χ4v) is 5.32. The lowest BCUT2D eigenvalue weighted by atomic mass is 10.0. The van der Waals surface area contributed by atoms with Crippen LogP contribution in [0.4, 0.5) is 11.4 Å². The average molecular weight is 528 g/mol. The Morgan fingerprint density at radius 2 is 1.86 bits per heavy atom. The van der Waals surface area contributed by atoms with Crippen molar-refractivity contribution in [3.8, 4) is 0 Å². The summed E-state index contributed by atoms with van der Waals surface area (Å²) in [5.74, 6) is -2.24. The Bertz CT molecular complexity index is 1490. The zero-order valence-electron chi connectivity index (χ0n) is 17.6. The van der Waals surface area contributed by atoms with Gasteiger partial charge in [-0.1, -0.05) is 29.4 Å². The van der Waals surface area contributed by atoms with Gasteiger partial charge in [-0.15, -0.1) is 11.3 Å². The molecule has 176 valence electrons. The Labute approximate surface area is 210 Å². The summed E-state index contributed by atoms with van der Waals surface area (Å²) < 4.78 is 1.40. The Kier molecular flexibility index (Phi) is 7.10. The lowest BCUT2D eigenvalue weighted by Crippen LogP contribution is -2.17. The number of carbonyl (C=O) groups excluding carboxylic acids is 2. The van der Waals surface area contributed by atoms with Crippen molar-refractivity contribution < 1.29 is 24.4 Å². The summed E-state index contributed by atoms with van der Waals surface area (Å²) in [6.07, 6.45) is 0. The van der Waals surface area contributed by atoms with Crippen LogP contribution in [0.1, 0.15) is 31.1 Å². The largest absolute Gasteiger partial charge is 0.477 e. The number of Topliss-reactive ketones (excluding diaryl/α,β-unsaturated/α-hetero) is 1. The molecule has 0 bridgehead atoms. The normalized spacial score (nSPS) is 10.8. The summed E-state index contributed by atoms with van der Waals surface area (Å²) in [6.45, 7) is 0. The van der Waals surface area contributed by atoms with Gasteiger partial charge in [0.1, 0.15) is 5.56 Å². The van der Waals surface area contributed by atoms with Crippen LogP contribution in [0.15, 0.2) is 65.0 Å². The molecule has 0 spiro atoms. The SMILES string of the molecule is O=C(CSc1nc2ccc(NC(=O)c3cccc([N+](=O)[O-])c3C(=O)O)cc2s1)c1ccc(Cl)cc1. The molecule has 9 nitrogen and oxygen atoms in total. The molecule has 3 aromatic carbocycles. The van der Waals surface area contributed by atoms with E-state index in [-0.39, 0.29) is 17.1 Å². The third kappa shape index (κ3) is 5.48. The van der Waals surface area contributed by atoms with Gasteiger partial charge >= 0.3 is 5.97 Å². The first kappa shape index (κ1) is 24.3. The first-order chi connectivity index (χ1) is 16.7. The summed E-state index contributed by atoms with van der Waals surface area (Å²) >= 11 is 8.47. The number of carbonyl (C=O) groups is 3. The molecule has 4 rings (SSSR count). The van der Waals surface area contributed by atoms with Crippen LogP contribution in [0.5, 0.6) is 0 Å². The van der Waals surface area contributed by atoms with Crippen molar-refractivity contribution in [3.63, 3.8) is 0 Å². The summed E-state index contributed by atoms with van der Waals surface area (Å²) in [5.41, 5.74) is -0.0995.